The first-order chi connectivity index (χ1) is 8.77. The van der Waals surface area contributed by atoms with Crippen LogP contribution in [0, 0.1) is 5.92 Å². The number of benzene rings is 1. The molecule has 5 heteroatoms. The van der Waals surface area contributed by atoms with Gasteiger partial charge in [-0.15, -0.1) is 11.8 Å². The number of nitrogens with zero attached hydrogens (tertiary/aromatic N) is 1. The van der Waals surface area contributed by atoms with Crippen molar-refractivity contribution < 1.29 is 9.59 Å². The average molecular weight is 262 g/mol. The van der Waals surface area contributed by atoms with Crippen molar-refractivity contribution in [3.8, 4) is 0 Å². The highest BCUT2D eigenvalue weighted by Gasteiger charge is 2.34. The van der Waals surface area contributed by atoms with E-state index in [1.165, 1.54) is 4.90 Å². The molecule has 0 aliphatic carbocycles. The van der Waals surface area contributed by atoms with Gasteiger partial charge in [0.1, 0.15) is 0 Å². The molecule has 94 valence electrons. The third-order valence-electron chi connectivity index (χ3n) is 3.32. The molecule has 0 atom stereocenters. The van der Waals surface area contributed by atoms with Crippen molar-refractivity contribution in [2.45, 2.75) is 0 Å². The van der Waals surface area contributed by atoms with Gasteiger partial charge in [-0.25, -0.2) is 0 Å². The molecule has 1 saturated heterocycles. The van der Waals surface area contributed by atoms with Crippen LogP contribution in [0.5, 0.6) is 0 Å². The van der Waals surface area contributed by atoms with Gasteiger partial charge in [0.25, 0.3) is 11.8 Å². The van der Waals surface area contributed by atoms with Crippen LogP contribution in [0.15, 0.2) is 24.3 Å². The fraction of sp³-hybridized carbons (Fsp3) is 0.385. The lowest BCUT2D eigenvalue weighted by atomic mass is 10.1. The van der Waals surface area contributed by atoms with Gasteiger partial charge >= 0.3 is 0 Å². The Bertz CT molecular complexity index is 465. The molecule has 0 spiro atoms. The van der Waals surface area contributed by atoms with E-state index in [1.807, 2.05) is 0 Å². The highest BCUT2D eigenvalue weighted by molar-refractivity contribution is 7.99. The standard InChI is InChI=1S/C13H14N2O2S/c16-12-10-3-1-2-4-11(10)13(17)15(12)8-18-7-9-5-14-6-9/h1-4,9,14H,5-8H2. The van der Waals surface area contributed by atoms with Crippen molar-refractivity contribution in [3.63, 3.8) is 0 Å². The van der Waals surface area contributed by atoms with E-state index in [4.69, 9.17) is 0 Å². The van der Waals surface area contributed by atoms with Crippen LogP contribution in [0.3, 0.4) is 0 Å². The molecule has 2 aliphatic heterocycles. The zero-order valence-corrected chi connectivity index (χ0v) is 10.7. The van der Waals surface area contributed by atoms with E-state index < -0.39 is 0 Å². The molecule has 1 aromatic rings. The van der Waals surface area contributed by atoms with Gasteiger partial charge in [0.05, 0.1) is 17.0 Å². The summed E-state index contributed by atoms with van der Waals surface area (Å²) in [7, 11) is 0. The molecular formula is C13H14N2O2S. The third-order valence-corrected chi connectivity index (χ3v) is 4.47. The van der Waals surface area contributed by atoms with Crippen LogP contribution in [0.2, 0.25) is 0 Å². The molecule has 3 rings (SSSR count). The van der Waals surface area contributed by atoms with Crippen LogP contribution in [-0.2, 0) is 0 Å². The van der Waals surface area contributed by atoms with Crippen molar-refractivity contribution >= 4 is 23.6 Å². The molecule has 0 saturated carbocycles. The van der Waals surface area contributed by atoms with E-state index in [0.717, 1.165) is 18.8 Å². The van der Waals surface area contributed by atoms with Crippen molar-refractivity contribution in [2.24, 2.45) is 5.92 Å². The molecule has 0 radical (unpaired) electrons. The van der Waals surface area contributed by atoms with Crippen LogP contribution < -0.4 is 5.32 Å². The number of rotatable bonds is 4. The third kappa shape index (κ3) is 1.93. The van der Waals surface area contributed by atoms with Crippen LogP contribution >= 0.6 is 11.8 Å². The smallest absolute Gasteiger partial charge is 0.262 e. The number of fused-ring (bicyclic) bond motifs is 1. The van der Waals surface area contributed by atoms with E-state index in [1.54, 1.807) is 36.0 Å². The summed E-state index contributed by atoms with van der Waals surface area (Å²) in [5.74, 6) is 1.83. The van der Waals surface area contributed by atoms with Crippen LogP contribution in [-0.4, -0.2) is 41.4 Å². The fourth-order valence-corrected chi connectivity index (χ4v) is 3.22. The van der Waals surface area contributed by atoms with Crippen LogP contribution in [0.1, 0.15) is 20.7 Å². The topological polar surface area (TPSA) is 49.4 Å². The van der Waals surface area contributed by atoms with Gasteiger partial charge in [0, 0.05) is 5.75 Å². The predicted octanol–water partition coefficient (Wildman–Crippen LogP) is 1.19. The lowest BCUT2D eigenvalue weighted by Crippen LogP contribution is -2.43. The van der Waals surface area contributed by atoms with Crippen molar-refractivity contribution in [1.82, 2.24) is 10.2 Å². The summed E-state index contributed by atoms with van der Waals surface area (Å²) >= 11 is 1.66. The first-order valence-corrected chi connectivity index (χ1v) is 7.16. The lowest BCUT2D eigenvalue weighted by Gasteiger charge is -2.27. The lowest BCUT2D eigenvalue weighted by molar-refractivity contribution is 0.0684. The summed E-state index contributed by atoms with van der Waals surface area (Å²) in [6.07, 6.45) is 0. The maximum atomic E-state index is 12.0. The normalized spacial score (nSPS) is 19.0. The second-order valence-electron chi connectivity index (χ2n) is 4.61. The van der Waals surface area contributed by atoms with E-state index in [-0.39, 0.29) is 11.8 Å². The molecule has 2 heterocycles. The number of imide groups is 1. The highest BCUT2D eigenvalue weighted by Crippen LogP contribution is 2.24. The Kier molecular flexibility index (Phi) is 3.09. The summed E-state index contributed by atoms with van der Waals surface area (Å²) in [5.41, 5.74) is 1.07. The molecule has 0 aromatic heterocycles. The number of thioether (sulfide) groups is 1. The molecular weight excluding hydrogens is 248 g/mol. The van der Waals surface area contributed by atoms with Crippen molar-refractivity contribution in [1.29, 1.82) is 0 Å². The van der Waals surface area contributed by atoms with Gasteiger partial charge in [-0.3, -0.25) is 14.5 Å². The number of hydrogen-bond donors (Lipinski definition) is 1. The Balaban J connectivity index is 1.64. The molecule has 0 bridgehead atoms. The van der Waals surface area contributed by atoms with Crippen molar-refractivity contribution in [3.05, 3.63) is 35.4 Å². The van der Waals surface area contributed by atoms with Gasteiger partial charge in [-0.2, -0.15) is 0 Å². The Hall–Kier alpha value is -1.33. The highest BCUT2D eigenvalue weighted by atomic mass is 32.2. The number of nitrogens with one attached hydrogen (secondary N) is 1. The minimum Gasteiger partial charge on any atom is -0.316 e. The second-order valence-corrected chi connectivity index (χ2v) is 5.61. The van der Waals surface area contributed by atoms with Gasteiger partial charge in [0.15, 0.2) is 0 Å². The molecule has 1 fully saturated rings. The summed E-state index contributed by atoms with van der Waals surface area (Å²) in [5, 5.41) is 3.21. The Morgan fingerprint density at radius 2 is 1.78 bits per heavy atom. The van der Waals surface area contributed by atoms with Gasteiger partial charge in [0.2, 0.25) is 0 Å². The van der Waals surface area contributed by atoms with Crippen LogP contribution in [0.25, 0.3) is 0 Å². The average Bonchev–Trinajstić information content (AvgIpc) is 2.57. The van der Waals surface area contributed by atoms with Gasteiger partial charge < -0.3 is 5.32 Å². The summed E-state index contributed by atoms with van der Waals surface area (Å²) in [6.45, 7) is 2.10. The quantitative estimate of drug-likeness (QED) is 0.828. The molecule has 1 aromatic carbocycles. The summed E-state index contributed by atoms with van der Waals surface area (Å²) in [6, 6.07) is 7.02. The van der Waals surface area contributed by atoms with E-state index in [2.05, 4.69) is 5.32 Å². The second kappa shape index (κ2) is 4.74. The minimum absolute atomic E-state index is 0.158. The van der Waals surface area contributed by atoms with Gasteiger partial charge in [-0.1, -0.05) is 12.1 Å². The molecule has 0 unspecified atom stereocenters. The minimum atomic E-state index is -0.158. The van der Waals surface area contributed by atoms with Crippen molar-refractivity contribution in [2.75, 3.05) is 24.7 Å². The first-order valence-electron chi connectivity index (χ1n) is 6.01. The predicted molar refractivity (Wildman–Crippen MR) is 70.6 cm³/mol. The van der Waals surface area contributed by atoms with Crippen LogP contribution in [0.4, 0.5) is 0 Å². The number of carbonyl (C=O) groups is 2. The largest absolute Gasteiger partial charge is 0.316 e. The molecule has 2 aliphatic rings. The van der Waals surface area contributed by atoms with E-state index in [9.17, 15) is 9.59 Å². The Morgan fingerprint density at radius 1 is 1.17 bits per heavy atom. The first kappa shape index (κ1) is 11.7. The SMILES string of the molecule is O=C1c2ccccc2C(=O)N1CSCC1CNC1. The zero-order chi connectivity index (χ0) is 12.5. The maximum Gasteiger partial charge on any atom is 0.262 e. The zero-order valence-electron chi connectivity index (χ0n) is 9.89. The molecule has 1 N–H and O–H groups in total. The summed E-state index contributed by atoms with van der Waals surface area (Å²) < 4.78 is 0. The monoisotopic (exact) mass is 262 g/mol. The molecule has 4 nitrogen and oxygen atoms in total. The van der Waals surface area contributed by atoms with E-state index >= 15 is 0 Å². The fourth-order valence-electron chi connectivity index (χ4n) is 2.13. The number of carbonyl (C=O) groups excluding carboxylic acids is 2. The van der Waals surface area contributed by atoms with E-state index in [0.29, 0.717) is 22.9 Å². The van der Waals surface area contributed by atoms with Gasteiger partial charge in [-0.05, 0) is 31.1 Å². The Labute approximate surface area is 110 Å². The molecule has 18 heavy (non-hydrogen) atoms. The molecule has 2 amide bonds. The number of hydrogen-bond acceptors (Lipinski definition) is 4. The maximum absolute atomic E-state index is 12.0. The Morgan fingerprint density at radius 3 is 2.28 bits per heavy atom. The summed E-state index contributed by atoms with van der Waals surface area (Å²) in [4.78, 5) is 25.4. The number of amides is 2.